The highest BCUT2D eigenvalue weighted by Gasteiger charge is 2.34. The van der Waals surface area contributed by atoms with Gasteiger partial charge in [-0.15, -0.1) is 0 Å². The molecule has 0 amide bonds. The van der Waals surface area contributed by atoms with E-state index in [2.05, 4.69) is 13.0 Å². The first-order chi connectivity index (χ1) is 13.3. The lowest BCUT2D eigenvalue weighted by molar-refractivity contribution is -0.139. The number of benzene rings is 3. The summed E-state index contributed by atoms with van der Waals surface area (Å²) in [6, 6.07) is 11.7. The lowest BCUT2D eigenvalue weighted by Gasteiger charge is -2.22. The van der Waals surface area contributed by atoms with E-state index in [-0.39, 0.29) is 11.1 Å². The number of alkyl halides is 3. The van der Waals surface area contributed by atoms with Gasteiger partial charge in [-0.05, 0) is 76.9 Å². The van der Waals surface area contributed by atoms with Crippen molar-refractivity contribution in [2.45, 2.75) is 32.4 Å². The van der Waals surface area contributed by atoms with Crippen LogP contribution in [-0.4, -0.2) is 0 Å². The zero-order valence-electron chi connectivity index (χ0n) is 15.1. The molecule has 0 unspecified atom stereocenters. The van der Waals surface area contributed by atoms with Crippen LogP contribution in [0.15, 0.2) is 48.5 Å². The summed E-state index contributed by atoms with van der Waals surface area (Å²) in [6.45, 7) is 2.08. The van der Waals surface area contributed by atoms with Gasteiger partial charge >= 0.3 is 6.18 Å². The van der Waals surface area contributed by atoms with Crippen molar-refractivity contribution in [3.8, 4) is 22.3 Å². The Morgan fingerprint density at radius 3 is 2.11 bits per heavy atom. The molecule has 1 aliphatic carbocycles. The lowest BCUT2D eigenvalue weighted by atomic mass is 9.83. The molecule has 1 aliphatic rings. The Balaban J connectivity index is 1.79. The van der Waals surface area contributed by atoms with E-state index in [4.69, 9.17) is 0 Å². The number of halogens is 5. The van der Waals surface area contributed by atoms with E-state index in [1.54, 1.807) is 6.07 Å². The average molecular weight is 388 g/mol. The highest BCUT2D eigenvalue weighted by atomic mass is 19.4. The minimum atomic E-state index is -4.78. The van der Waals surface area contributed by atoms with Crippen LogP contribution in [0.1, 0.15) is 29.2 Å². The van der Waals surface area contributed by atoms with Crippen molar-refractivity contribution >= 4 is 0 Å². The molecule has 0 nitrogen and oxygen atoms in total. The topological polar surface area (TPSA) is 0 Å². The maximum Gasteiger partial charge on any atom is 0.419 e. The quantitative estimate of drug-likeness (QED) is 0.416. The van der Waals surface area contributed by atoms with Gasteiger partial charge in [0.2, 0.25) is 0 Å². The number of hydrogen-bond donors (Lipinski definition) is 0. The van der Waals surface area contributed by atoms with E-state index in [0.29, 0.717) is 12.5 Å². The van der Waals surface area contributed by atoms with Crippen molar-refractivity contribution in [1.82, 2.24) is 0 Å². The van der Waals surface area contributed by atoms with Crippen LogP contribution in [0.4, 0.5) is 22.0 Å². The van der Waals surface area contributed by atoms with Crippen LogP contribution in [0.3, 0.4) is 0 Å². The van der Waals surface area contributed by atoms with Crippen LogP contribution in [0.25, 0.3) is 22.3 Å². The monoisotopic (exact) mass is 388 g/mol. The lowest BCUT2D eigenvalue weighted by Crippen LogP contribution is -2.08. The molecule has 28 heavy (non-hydrogen) atoms. The van der Waals surface area contributed by atoms with Gasteiger partial charge in [0, 0.05) is 5.56 Å². The molecule has 0 radical (unpaired) electrons. The van der Waals surface area contributed by atoms with Gasteiger partial charge in [0.05, 0.1) is 5.56 Å². The zero-order chi connectivity index (χ0) is 20.1. The van der Waals surface area contributed by atoms with E-state index in [1.165, 1.54) is 17.2 Å². The Bertz CT molecular complexity index is 1060. The van der Waals surface area contributed by atoms with Crippen LogP contribution in [0.5, 0.6) is 0 Å². The van der Waals surface area contributed by atoms with Gasteiger partial charge in [-0.2, -0.15) is 13.2 Å². The van der Waals surface area contributed by atoms with E-state index in [0.717, 1.165) is 41.7 Å². The highest BCUT2D eigenvalue weighted by Crippen LogP contribution is 2.39. The third-order valence-electron chi connectivity index (χ3n) is 5.31. The van der Waals surface area contributed by atoms with Gasteiger partial charge in [-0.25, -0.2) is 8.78 Å². The summed E-state index contributed by atoms with van der Waals surface area (Å²) in [6.07, 6.45) is -2.35. The first-order valence-electron chi connectivity index (χ1n) is 9.09. The summed E-state index contributed by atoms with van der Waals surface area (Å²) in [5.74, 6) is -1.98. The maximum atomic E-state index is 14.8. The number of fused-ring (bicyclic) bond motifs is 3. The maximum absolute atomic E-state index is 14.8. The van der Waals surface area contributed by atoms with Gasteiger partial charge in [-0.1, -0.05) is 31.2 Å². The molecule has 3 aromatic rings. The van der Waals surface area contributed by atoms with E-state index >= 15 is 0 Å². The Labute approximate surface area is 159 Å². The summed E-state index contributed by atoms with van der Waals surface area (Å²) < 4.78 is 67.1. The first kappa shape index (κ1) is 18.7. The Hall–Kier alpha value is -2.69. The molecule has 0 N–H and O–H groups in total. The fourth-order valence-electron chi connectivity index (χ4n) is 3.82. The molecule has 0 aliphatic heterocycles. The zero-order valence-corrected chi connectivity index (χ0v) is 15.1. The number of rotatable bonds is 2. The third kappa shape index (κ3) is 3.19. The molecular weight excluding hydrogens is 371 g/mol. The molecular formula is C23H17F5. The second-order valence-electron chi connectivity index (χ2n) is 7.03. The normalized spacial score (nSPS) is 13.2. The molecule has 0 atom stereocenters. The van der Waals surface area contributed by atoms with Crippen molar-refractivity contribution in [3.05, 3.63) is 82.4 Å². The predicted octanol–water partition coefficient (Wildman–Crippen LogP) is 6.98. The summed E-state index contributed by atoms with van der Waals surface area (Å²) in [5.41, 5.74) is 3.92. The van der Waals surface area contributed by atoms with Gasteiger partial charge in [0.25, 0.3) is 0 Å². The van der Waals surface area contributed by atoms with Crippen molar-refractivity contribution in [3.63, 3.8) is 0 Å². The average Bonchev–Trinajstić information content (AvgIpc) is 2.65. The second kappa shape index (κ2) is 6.73. The van der Waals surface area contributed by atoms with Gasteiger partial charge in [0.15, 0.2) is 0 Å². The molecule has 0 spiro atoms. The first-order valence-corrected chi connectivity index (χ1v) is 9.09. The summed E-state index contributed by atoms with van der Waals surface area (Å²) >= 11 is 0. The Morgan fingerprint density at radius 1 is 0.750 bits per heavy atom. The molecule has 0 saturated carbocycles. The molecule has 3 aromatic carbocycles. The predicted molar refractivity (Wildman–Crippen MR) is 99.0 cm³/mol. The summed E-state index contributed by atoms with van der Waals surface area (Å²) in [4.78, 5) is 0. The second-order valence-corrected chi connectivity index (χ2v) is 7.03. The summed E-state index contributed by atoms with van der Waals surface area (Å²) in [7, 11) is 0. The van der Waals surface area contributed by atoms with Crippen molar-refractivity contribution in [1.29, 1.82) is 0 Å². The third-order valence-corrected chi connectivity index (χ3v) is 5.31. The molecule has 0 aromatic heterocycles. The van der Waals surface area contributed by atoms with Crippen molar-refractivity contribution in [2.24, 2.45) is 0 Å². The smallest absolute Gasteiger partial charge is 0.206 e. The van der Waals surface area contributed by atoms with Gasteiger partial charge in [-0.3, -0.25) is 0 Å². The fraction of sp³-hybridized carbons (Fsp3) is 0.217. The van der Waals surface area contributed by atoms with Crippen LogP contribution in [-0.2, 0) is 25.4 Å². The standard InChI is InChI=1S/C23H17F5/c1-2-13-3-7-17-14(9-13)4-5-15-10-19(21(24)12-18(15)17)16-6-8-20(22(25)11-16)23(26,27)28/h3,6-12H,2,4-5H2,1H3. The van der Waals surface area contributed by atoms with Crippen LogP contribution in [0, 0.1) is 11.6 Å². The molecule has 0 heterocycles. The molecule has 0 bridgehead atoms. The van der Waals surface area contributed by atoms with Crippen molar-refractivity contribution < 1.29 is 22.0 Å². The Morgan fingerprint density at radius 2 is 1.46 bits per heavy atom. The van der Waals surface area contributed by atoms with E-state index in [9.17, 15) is 22.0 Å². The van der Waals surface area contributed by atoms with Gasteiger partial charge < -0.3 is 0 Å². The molecule has 5 heteroatoms. The minimum absolute atomic E-state index is 0.0953. The van der Waals surface area contributed by atoms with Crippen LogP contribution < -0.4 is 0 Å². The Kier molecular flexibility index (Phi) is 4.48. The largest absolute Gasteiger partial charge is 0.419 e. The number of aryl methyl sites for hydroxylation is 3. The summed E-state index contributed by atoms with van der Waals surface area (Å²) in [5, 5.41) is 0. The molecule has 144 valence electrons. The number of hydrogen-bond acceptors (Lipinski definition) is 0. The SMILES string of the molecule is CCc1ccc2c(c1)CCc1cc(-c3ccc(C(F)(F)F)c(F)c3)c(F)cc1-2. The van der Waals surface area contributed by atoms with Crippen LogP contribution in [0.2, 0.25) is 0 Å². The van der Waals surface area contributed by atoms with Crippen molar-refractivity contribution in [2.75, 3.05) is 0 Å². The molecule has 4 rings (SSSR count). The van der Waals surface area contributed by atoms with Gasteiger partial charge in [0.1, 0.15) is 11.6 Å². The van der Waals surface area contributed by atoms with E-state index < -0.39 is 23.4 Å². The van der Waals surface area contributed by atoms with E-state index in [1.807, 2.05) is 12.1 Å². The highest BCUT2D eigenvalue weighted by molar-refractivity contribution is 5.78. The molecule has 0 fully saturated rings. The minimum Gasteiger partial charge on any atom is -0.206 e. The molecule has 0 saturated heterocycles. The van der Waals surface area contributed by atoms with Crippen LogP contribution >= 0.6 is 0 Å². The fourth-order valence-corrected chi connectivity index (χ4v) is 3.82.